The molecule has 4 bridgehead atoms. The van der Waals surface area contributed by atoms with Gasteiger partial charge in [0, 0.05) is 5.41 Å². The largest absolute Gasteiger partial charge is 0.469 e. The molecule has 135 valence electrons. The van der Waals surface area contributed by atoms with Crippen LogP contribution in [0, 0.1) is 45.3 Å². The predicted molar refractivity (Wildman–Crippen MR) is 90.2 cm³/mol. The Bertz CT molecular complexity index is 727. The van der Waals surface area contributed by atoms with Crippen LogP contribution in [0.5, 0.6) is 0 Å². The summed E-state index contributed by atoms with van der Waals surface area (Å²) in [5.74, 6) is 1.26. The third-order valence-electron chi connectivity index (χ3n) is 9.29. The molecular weight excluding hydrogens is 316 g/mol. The van der Waals surface area contributed by atoms with Gasteiger partial charge in [-0.2, -0.15) is 0 Å². The van der Waals surface area contributed by atoms with Gasteiger partial charge in [-0.1, -0.05) is 20.3 Å². The van der Waals surface area contributed by atoms with Crippen LogP contribution in [0.25, 0.3) is 0 Å². The fourth-order valence-electron chi connectivity index (χ4n) is 8.24. The number of hydrogen-bond acceptors (Lipinski definition) is 4. The summed E-state index contributed by atoms with van der Waals surface area (Å²) in [7, 11) is 1.38. The molecule has 1 spiro atoms. The van der Waals surface area contributed by atoms with Crippen LogP contribution >= 0.6 is 0 Å². The second-order valence-electron chi connectivity index (χ2n) is 10.2. The van der Waals surface area contributed by atoms with Crippen LogP contribution in [-0.4, -0.2) is 24.6 Å². The number of carbonyl (C=O) groups is 3. The van der Waals surface area contributed by atoms with Gasteiger partial charge in [0.05, 0.1) is 18.4 Å². The minimum absolute atomic E-state index is 0.186. The lowest BCUT2D eigenvalue weighted by Gasteiger charge is -2.62. The molecule has 0 saturated heterocycles. The molecule has 6 saturated carbocycles. The zero-order valence-corrected chi connectivity index (χ0v) is 15.6. The maximum absolute atomic E-state index is 13.4. The molecule has 0 aliphatic heterocycles. The number of ether oxygens (including phenoxy) is 1. The topological polar surface area (TPSA) is 60.4 Å². The number of fused-ring (bicyclic) bond motifs is 1. The molecule has 4 heteroatoms. The Kier molecular flexibility index (Phi) is 2.69. The number of esters is 1. The van der Waals surface area contributed by atoms with Crippen molar-refractivity contribution in [1.82, 2.24) is 0 Å². The van der Waals surface area contributed by atoms with Gasteiger partial charge in [-0.05, 0) is 67.6 Å². The zero-order chi connectivity index (χ0) is 18.0. The lowest BCUT2D eigenvalue weighted by Crippen LogP contribution is -2.66. The van der Waals surface area contributed by atoms with Gasteiger partial charge in [-0.3, -0.25) is 14.4 Å². The van der Waals surface area contributed by atoms with E-state index >= 15 is 0 Å². The van der Waals surface area contributed by atoms with E-state index in [1.807, 2.05) is 6.92 Å². The highest BCUT2D eigenvalue weighted by molar-refractivity contribution is 6.46. The number of hydrogen-bond donors (Lipinski definition) is 0. The van der Waals surface area contributed by atoms with E-state index in [0.717, 1.165) is 32.1 Å². The van der Waals surface area contributed by atoms with Crippen molar-refractivity contribution < 1.29 is 19.1 Å². The summed E-state index contributed by atoms with van der Waals surface area (Å²) in [6, 6.07) is 0. The van der Waals surface area contributed by atoms with Gasteiger partial charge in [-0.15, -0.1) is 0 Å². The van der Waals surface area contributed by atoms with Gasteiger partial charge in [0.15, 0.2) is 0 Å². The van der Waals surface area contributed by atoms with E-state index in [0.29, 0.717) is 29.6 Å². The second kappa shape index (κ2) is 4.20. The average Bonchev–Trinajstić information content (AvgIpc) is 3.02. The van der Waals surface area contributed by atoms with Gasteiger partial charge in [-0.25, -0.2) is 0 Å². The van der Waals surface area contributed by atoms with Gasteiger partial charge in [0.2, 0.25) is 11.6 Å². The van der Waals surface area contributed by atoms with Gasteiger partial charge < -0.3 is 4.74 Å². The van der Waals surface area contributed by atoms with Crippen LogP contribution in [0.1, 0.15) is 59.3 Å². The maximum atomic E-state index is 13.4. The Hall–Kier alpha value is -1.19. The van der Waals surface area contributed by atoms with E-state index in [-0.39, 0.29) is 28.9 Å². The second-order valence-corrected chi connectivity index (χ2v) is 10.2. The van der Waals surface area contributed by atoms with Crippen molar-refractivity contribution >= 4 is 17.5 Å². The normalized spacial score (nSPS) is 56.2. The SMILES string of the molecule is COC(=O)[C@]1(C)CCC[C@]2(C)[C]1C(=O)C(=O)[C@@]13CC4[C@@H](C[C@H]12)[C@@]4(C)C3. The average molecular weight is 343 g/mol. The van der Waals surface area contributed by atoms with E-state index in [1.54, 1.807) is 0 Å². The van der Waals surface area contributed by atoms with Crippen LogP contribution < -0.4 is 0 Å². The lowest BCUT2D eigenvalue weighted by molar-refractivity contribution is -0.171. The highest BCUT2D eigenvalue weighted by Gasteiger charge is 2.82. The summed E-state index contributed by atoms with van der Waals surface area (Å²) in [6.45, 7) is 6.30. The first-order valence-electron chi connectivity index (χ1n) is 9.71. The standard InChI is InChI=1S/C21H27O4/c1-18-6-5-7-19(2,17(24)25-4)15(18)14(22)16(23)21-9-12-11(8-13(18)21)20(12,3)10-21/h11-13H,5-10H2,1-4H3/t11-,12?,13+,18+,19-,20-,21-/m1/s1. The number of ketones is 2. The molecule has 0 amide bonds. The molecule has 6 rings (SSSR count). The molecule has 6 aliphatic rings. The molecule has 6 fully saturated rings. The molecule has 0 heterocycles. The monoisotopic (exact) mass is 343 g/mol. The van der Waals surface area contributed by atoms with Crippen LogP contribution in [-0.2, 0) is 19.1 Å². The molecule has 6 aliphatic carbocycles. The Morgan fingerprint density at radius 3 is 2.44 bits per heavy atom. The van der Waals surface area contributed by atoms with Crippen molar-refractivity contribution in [3.63, 3.8) is 0 Å². The minimum Gasteiger partial charge on any atom is -0.469 e. The molecule has 1 radical (unpaired) electrons. The number of methoxy groups -OCH3 is 1. The van der Waals surface area contributed by atoms with E-state index in [1.165, 1.54) is 7.11 Å². The van der Waals surface area contributed by atoms with Crippen molar-refractivity contribution in [3.05, 3.63) is 5.92 Å². The Labute approximate surface area is 149 Å². The summed E-state index contributed by atoms with van der Waals surface area (Å²) in [6.07, 6.45) is 5.27. The van der Waals surface area contributed by atoms with Crippen molar-refractivity contribution in [1.29, 1.82) is 0 Å². The molecule has 0 N–H and O–H groups in total. The van der Waals surface area contributed by atoms with Crippen LogP contribution in [0.15, 0.2) is 0 Å². The van der Waals surface area contributed by atoms with Gasteiger partial charge in [0.25, 0.3) is 0 Å². The highest BCUT2D eigenvalue weighted by atomic mass is 16.5. The van der Waals surface area contributed by atoms with Crippen molar-refractivity contribution in [2.45, 2.75) is 59.3 Å². The molecule has 25 heavy (non-hydrogen) atoms. The summed E-state index contributed by atoms with van der Waals surface area (Å²) in [5.41, 5.74) is -1.43. The highest BCUT2D eigenvalue weighted by Crippen LogP contribution is 2.84. The van der Waals surface area contributed by atoms with E-state index in [2.05, 4.69) is 13.8 Å². The van der Waals surface area contributed by atoms with E-state index < -0.39 is 10.8 Å². The Morgan fingerprint density at radius 2 is 1.84 bits per heavy atom. The fraction of sp³-hybridized carbons (Fsp3) is 0.810. The van der Waals surface area contributed by atoms with Crippen LogP contribution in [0.2, 0.25) is 0 Å². The maximum Gasteiger partial charge on any atom is 0.312 e. The lowest BCUT2D eigenvalue weighted by atomic mass is 9.39. The van der Waals surface area contributed by atoms with Gasteiger partial charge in [0.1, 0.15) is 0 Å². The molecule has 1 unspecified atom stereocenters. The van der Waals surface area contributed by atoms with Crippen LogP contribution in [0.3, 0.4) is 0 Å². The Balaban J connectivity index is 1.65. The summed E-state index contributed by atoms with van der Waals surface area (Å²) < 4.78 is 5.06. The summed E-state index contributed by atoms with van der Waals surface area (Å²) >= 11 is 0. The first-order valence-corrected chi connectivity index (χ1v) is 9.71. The van der Waals surface area contributed by atoms with Crippen molar-refractivity contribution in [2.75, 3.05) is 7.11 Å². The molecule has 0 aromatic carbocycles. The third-order valence-corrected chi connectivity index (χ3v) is 9.29. The minimum atomic E-state index is -0.941. The smallest absolute Gasteiger partial charge is 0.312 e. The summed E-state index contributed by atoms with van der Waals surface area (Å²) in [4.78, 5) is 39.3. The first-order chi connectivity index (χ1) is 11.6. The molecule has 0 aromatic rings. The van der Waals surface area contributed by atoms with E-state index in [4.69, 9.17) is 4.74 Å². The van der Waals surface area contributed by atoms with Crippen LogP contribution in [0.4, 0.5) is 0 Å². The molecule has 7 atom stereocenters. The predicted octanol–water partition coefficient (Wildman–Crippen LogP) is 3.13. The van der Waals surface area contributed by atoms with Crippen molar-refractivity contribution in [2.24, 2.45) is 39.4 Å². The quantitative estimate of drug-likeness (QED) is 0.542. The number of carbonyl (C=O) groups excluding carboxylic acids is 3. The Morgan fingerprint density at radius 1 is 1.12 bits per heavy atom. The third kappa shape index (κ3) is 1.48. The van der Waals surface area contributed by atoms with E-state index in [9.17, 15) is 14.4 Å². The molecule has 4 nitrogen and oxygen atoms in total. The van der Waals surface area contributed by atoms with Gasteiger partial charge >= 0.3 is 5.97 Å². The zero-order valence-electron chi connectivity index (χ0n) is 15.6. The van der Waals surface area contributed by atoms with Crippen molar-refractivity contribution in [3.8, 4) is 0 Å². The molecule has 0 aromatic heterocycles. The first kappa shape index (κ1) is 16.0. The number of rotatable bonds is 1. The summed E-state index contributed by atoms with van der Waals surface area (Å²) in [5, 5.41) is 0. The number of Topliss-reactive ketones (excluding diaryl/α,β-unsaturated/α-hetero) is 2. The molecular formula is C21H27O4. The fourth-order valence-corrected chi connectivity index (χ4v) is 8.24.